The summed E-state index contributed by atoms with van der Waals surface area (Å²) in [4.78, 5) is 22.4. The molecular weight excluding hydrogens is 248 g/mol. The lowest BCUT2D eigenvalue weighted by atomic mass is 10.1. The molecule has 100 valence electrons. The van der Waals surface area contributed by atoms with Gasteiger partial charge in [-0.3, -0.25) is 4.79 Å². The van der Waals surface area contributed by atoms with E-state index in [1.165, 1.54) is 12.8 Å². The molecule has 0 aliphatic carbocycles. The summed E-state index contributed by atoms with van der Waals surface area (Å²) in [5, 5.41) is 2.98. The average Bonchev–Trinajstić information content (AvgIpc) is 3.04. The molecule has 0 aromatic carbocycles. The van der Waals surface area contributed by atoms with Gasteiger partial charge in [0.1, 0.15) is 12.3 Å². The fourth-order valence-electron chi connectivity index (χ4n) is 2.27. The Morgan fingerprint density at radius 3 is 3.11 bits per heavy atom. The monoisotopic (exact) mass is 262 g/mol. The minimum Gasteiger partial charge on any atom is -0.451 e. The maximum absolute atomic E-state index is 12.5. The zero-order chi connectivity index (χ0) is 13.2. The van der Waals surface area contributed by atoms with Crippen molar-refractivity contribution in [3.63, 3.8) is 0 Å². The highest BCUT2D eigenvalue weighted by atomic mass is 16.3. The molecule has 1 N–H and O–H groups in total. The highest BCUT2D eigenvalue weighted by molar-refractivity contribution is 5.83. The van der Waals surface area contributed by atoms with E-state index < -0.39 is 6.04 Å². The summed E-state index contributed by atoms with van der Waals surface area (Å²) >= 11 is 0. The highest BCUT2D eigenvalue weighted by Crippen LogP contribution is 2.24. The summed E-state index contributed by atoms with van der Waals surface area (Å²) in [6, 6.07) is -0.494. The number of aromatic nitrogens is 2. The van der Waals surface area contributed by atoms with Gasteiger partial charge in [-0.15, -0.1) is 0 Å². The van der Waals surface area contributed by atoms with Gasteiger partial charge in [0.05, 0.1) is 17.9 Å². The number of carbonyl (C=O) groups is 1. The Balaban J connectivity index is 1.85. The molecule has 0 fully saturated rings. The van der Waals surface area contributed by atoms with Crippen molar-refractivity contribution in [1.29, 1.82) is 0 Å². The highest BCUT2D eigenvalue weighted by Gasteiger charge is 2.33. The Bertz CT molecular complexity index is 563. The van der Waals surface area contributed by atoms with Crippen LogP contribution in [0.15, 0.2) is 27.9 Å². The maximum atomic E-state index is 12.5. The minimum atomic E-state index is -0.494. The van der Waals surface area contributed by atoms with Gasteiger partial charge in [0.2, 0.25) is 5.91 Å². The predicted molar refractivity (Wildman–Crippen MR) is 63.9 cm³/mol. The number of hydrogen-bond acceptors (Lipinski definition) is 6. The Labute approximate surface area is 109 Å². The molecule has 1 aliphatic heterocycles. The lowest BCUT2D eigenvalue weighted by Gasteiger charge is -2.22. The number of amides is 1. The third-order valence-corrected chi connectivity index (χ3v) is 3.24. The van der Waals surface area contributed by atoms with Crippen molar-refractivity contribution in [2.24, 2.45) is 0 Å². The lowest BCUT2D eigenvalue weighted by molar-refractivity contribution is -0.134. The van der Waals surface area contributed by atoms with Crippen LogP contribution in [0.1, 0.15) is 23.2 Å². The van der Waals surface area contributed by atoms with Gasteiger partial charge in [0.25, 0.3) is 0 Å². The molecule has 1 unspecified atom stereocenters. The van der Waals surface area contributed by atoms with Crippen LogP contribution in [0, 0.1) is 0 Å². The quantitative estimate of drug-likeness (QED) is 0.867. The van der Waals surface area contributed by atoms with Gasteiger partial charge in [-0.05, 0) is 7.05 Å². The fraction of sp³-hybridized carbons (Fsp3) is 0.417. The SMILES string of the molecule is CNC1C(=O)N(Cc2cocn2)CCc2ncoc21. The van der Waals surface area contributed by atoms with E-state index in [1.54, 1.807) is 18.2 Å². The standard InChI is InChI=1S/C12H14N4O3/c1-13-10-11-9(15-7-19-11)2-3-16(12(10)17)4-8-5-18-6-14-8/h5-7,10,13H,2-4H2,1H3. The molecule has 2 aromatic rings. The lowest BCUT2D eigenvalue weighted by Crippen LogP contribution is -2.38. The predicted octanol–water partition coefficient (Wildman–Crippen LogP) is 0.508. The Hall–Kier alpha value is -2.15. The fourth-order valence-corrected chi connectivity index (χ4v) is 2.27. The van der Waals surface area contributed by atoms with Crippen LogP contribution in [0.3, 0.4) is 0 Å². The number of likely N-dealkylation sites (N-methyl/N-ethyl adjacent to an activating group) is 1. The van der Waals surface area contributed by atoms with E-state index in [9.17, 15) is 4.79 Å². The van der Waals surface area contributed by atoms with Crippen molar-refractivity contribution in [1.82, 2.24) is 20.2 Å². The summed E-state index contributed by atoms with van der Waals surface area (Å²) in [6.07, 6.45) is 4.96. The first-order valence-electron chi connectivity index (χ1n) is 6.05. The normalized spacial score (nSPS) is 19.3. The number of carbonyl (C=O) groups excluding carboxylic acids is 1. The van der Waals surface area contributed by atoms with Gasteiger partial charge in [-0.2, -0.15) is 0 Å². The molecule has 7 heteroatoms. The van der Waals surface area contributed by atoms with Crippen LogP contribution in [0.5, 0.6) is 0 Å². The van der Waals surface area contributed by atoms with Gasteiger partial charge in [-0.25, -0.2) is 9.97 Å². The summed E-state index contributed by atoms with van der Waals surface area (Å²) < 4.78 is 10.3. The Morgan fingerprint density at radius 2 is 2.37 bits per heavy atom. The number of oxazole rings is 2. The van der Waals surface area contributed by atoms with Crippen LogP contribution in [-0.4, -0.2) is 34.4 Å². The number of hydrogen-bond donors (Lipinski definition) is 1. The molecule has 3 rings (SSSR count). The number of nitrogens with zero attached hydrogens (tertiary/aromatic N) is 3. The molecule has 1 aliphatic rings. The number of rotatable bonds is 3. The Kier molecular flexibility index (Phi) is 3.04. The van der Waals surface area contributed by atoms with Crippen molar-refractivity contribution in [2.75, 3.05) is 13.6 Å². The molecule has 0 bridgehead atoms. The van der Waals surface area contributed by atoms with E-state index in [0.29, 0.717) is 25.3 Å². The van der Waals surface area contributed by atoms with Crippen molar-refractivity contribution in [2.45, 2.75) is 19.0 Å². The van der Waals surface area contributed by atoms with E-state index in [1.807, 2.05) is 0 Å². The second kappa shape index (κ2) is 4.85. The molecule has 0 spiro atoms. The van der Waals surface area contributed by atoms with E-state index in [2.05, 4.69) is 15.3 Å². The Morgan fingerprint density at radius 1 is 1.47 bits per heavy atom. The number of nitrogens with one attached hydrogen (secondary N) is 1. The van der Waals surface area contributed by atoms with Crippen molar-refractivity contribution in [3.05, 3.63) is 36.2 Å². The van der Waals surface area contributed by atoms with Crippen LogP contribution >= 0.6 is 0 Å². The van der Waals surface area contributed by atoms with Crippen LogP contribution in [-0.2, 0) is 17.8 Å². The van der Waals surface area contributed by atoms with Gasteiger partial charge in [-0.1, -0.05) is 0 Å². The second-order valence-electron chi connectivity index (χ2n) is 4.37. The molecule has 0 saturated carbocycles. The largest absolute Gasteiger partial charge is 0.451 e. The molecule has 1 amide bonds. The van der Waals surface area contributed by atoms with Gasteiger partial charge >= 0.3 is 0 Å². The first-order chi connectivity index (χ1) is 9.29. The van der Waals surface area contributed by atoms with Crippen LogP contribution in [0.25, 0.3) is 0 Å². The molecule has 0 saturated heterocycles. The summed E-state index contributed by atoms with van der Waals surface area (Å²) in [7, 11) is 1.73. The van der Waals surface area contributed by atoms with Gasteiger partial charge in [0, 0.05) is 13.0 Å². The van der Waals surface area contributed by atoms with E-state index in [-0.39, 0.29) is 5.91 Å². The summed E-state index contributed by atoms with van der Waals surface area (Å²) in [5.41, 5.74) is 1.56. The smallest absolute Gasteiger partial charge is 0.248 e. The zero-order valence-corrected chi connectivity index (χ0v) is 10.5. The van der Waals surface area contributed by atoms with Gasteiger partial charge in [0.15, 0.2) is 18.5 Å². The molecule has 2 aromatic heterocycles. The molecule has 1 atom stereocenters. The van der Waals surface area contributed by atoms with Crippen molar-refractivity contribution in [3.8, 4) is 0 Å². The maximum Gasteiger partial charge on any atom is 0.248 e. The molecule has 7 nitrogen and oxygen atoms in total. The molecular formula is C12H14N4O3. The van der Waals surface area contributed by atoms with Gasteiger partial charge < -0.3 is 19.1 Å². The second-order valence-corrected chi connectivity index (χ2v) is 4.37. The summed E-state index contributed by atoms with van der Waals surface area (Å²) in [6.45, 7) is 1.02. The molecule has 0 radical (unpaired) electrons. The van der Waals surface area contributed by atoms with E-state index >= 15 is 0 Å². The van der Waals surface area contributed by atoms with E-state index in [4.69, 9.17) is 8.83 Å². The third kappa shape index (κ3) is 2.12. The van der Waals surface area contributed by atoms with Crippen molar-refractivity contribution >= 4 is 5.91 Å². The van der Waals surface area contributed by atoms with E-state index in [0.717, 1.165) is 11.4 Å². The van der Waals surface area contributed by atoms with Crippen molar-refractivity contribution < 1.29 is 13.6 Å². The minimum absolute atomic E-state index is 0.0407. The van der Waals surface area contributed by atoms with Crippen LogP contribution in [0.2, 0.25) is 0 Å². The first kappa shape index (κ1) is 11.9. The van der Waals surface area contributed by atoms with Crippen LogP contribution < -0.4 is 5.32 Å². The van der Waals surface area contributed by atoms with Crippen LogP contribution in [0.4, 0.5) is 0 Å². The number of fused-ring (bicyclic) bond motifs is 1. The topological polar surface area (TPSA) is 84.4 Å². The first-order valence-corrected chi connectivity index (χ1v) is 6.05. The molecule has 3 heterocycles. The third-order valence-electron chi connectivity index (χ3n) is 3.24. The molecule has 19 heavy (non-hydrogen) atoms. The summed E-state index contributed by atoms with van der Waals surface area (Å²) in [5.74, 6) is 0.566. The average molecular weight is 262 g/mol. The zero-order valence-electron chi connectivity index (χ0n) is 10.5.